The third-order valence-corrected chi connectivity index (χ3v) is 4.18. The van der Waals surface area contributed by atoms with Gasteiger partial charge < -0.3 is 37.0 Å². The molecule has 0 heterocycles. The molecule has 0 aliphatic rings. The number of aliphatic hydroxyl groups is 1. The summed E-state index contributed by atoms with van der Waals surface area (Å²) in [5.74, 6) is -6.02. The van der Waals surface area contributed by atoms with Gasteiger partial charge >= 0.3 is 11.9 Å². The molecule has 0 saturated heterocycles. The SMILES string of the molecule is CC(O)C(N)C(=O)NC(CS)C(=O)NC(CS)C(=O)NC(CC(=O)O)C(=O)O. The summed E-state index contributed by atoms with van der Waals surface area (Å²) in [6.07, 6.45) is -2.03. The fourth-order valence-corrected chi connectivity index (χ4v) is 2.31. The van der Waals surface area contributed by atoms with Gasteiger partial charge in [0, 0.05) is 11.5 Å². The Kier molecular flexibility index (Phi) is 11.5. The average molecular weight is 441 g/mol. The number of aliphatic hydroxyl groups excluding tert-OH is 1. The van der Waals surface area contributed by atoms with E-state index in [4.69, 9.17) is 15.9 Å². The van der Waals surface area contributed by atoms with Crippen LogP contribution in [-0.2, 0) is 24.0 Å². The van der Waals surface area contributed by atoms with Crippen molar-refractivity contribution in [3.63, 3.8) is 0 Å². The molecule has 0 fully saturated rings. The molecule has 0 aromatic heterocycles. The number of carbonyl (C=O) groups is 5. The summed E-state index contributed by atoms with van der Waals surface area (Å²) in [5.41, 5.74) is 5.46. The molecule has 0 rings (SSSR count). The summed E-state index contributed by atoms with van der Waals surface area (Å²) in [6, 6.07) is -5.50. The number of carbonyl (C=O) groups excluding carboxylic acids is 3. The van der Waals surface area contributed by atoms with E-state index in [2.05, 4.69) is 35.9 Å². The van der Waals surface area contributed by atoms with Crippen LogP contribution in [0.2, 0.25) is 0 Å². The molecule has 0 saturated carbocycles. The average Bonchev–Trinajstić information content (AvgIpc) is 2.61. The molecule has 3 amide bonds. The molecule has 5 atom stereocenters. The molecule has 160 valence electrons. The van der Waals surface area contributed by atoms with E-state index in [-0.39, 0.29) is 11.5 Å². The van der Waals surface area contributed by atoms with Crippen LogP contribution in [0.3, 0.4) is 0 Å². The van der Waals surface area contributed by atoms with Crippen LogP contribution in [0.15, 0.2) is 0 Å². The summed E-state index contributed by atoms with van der Waals surface area (Å²) < 4.78 is 0. The topological polar surface area (TPSA) is 208 Å². The second kappa shape index (κ2) is 12.4. The van der Waals surface area contributed by atoms with Crippen LogP contribution >= 0.6 is 25.3 Å². The second-order valence-electron chi connectivity index (χ2n) is 5.75. The van der Waals surface area contributed by atoms with Crippen molar-refractivity contribution in [2.75, 3.05) is 11.5 Å². The van der Waals surface area contributed by atoms with E-state index in [0.29, 0.717) is 0 Å². The van der Waals surface area contributed by atoms with Gasteiger partial charge in [-0.05, 0) is 6.92 Å². The first-order valence-electron chi connectivity index (χ1n) is 7.95. The van der Waals surface area contributed by atoms with Gasteiger partial charge in [0.2, 0.25) is 17.7 Å². The molecular weight excluding hydrogens is 416 g/mol. The molecule has 0 bridgehead atoms. The quantitative estimate of drug-likeness (QED) is 0.138. The van der Waals surface area contributed by atoms with Crippen molar-refractivity contribution in [1.82, 2.24) is 16.0 Å². The van der Waals surface area contributed by atoms with Crippen LogP contribution in [0.1, 0.15) is 13.3 Å². The minimum absolute atomic E-state index is 0.165. The molecule has 5 unspecified atom stereocenters. The number of nitrogens with one attached hydrogen (secondary N) is 3. The van der Waals surface area contributed by atoms with E-state index < -0.39 is 66.4 Å². The van der Waals surface area contributed by atoms with Crippen molar-refractivity contribution in [1.29, 1.82) is 0 Å². The maximum absolute atomic E-state index is 12.3. The Hall–Kier alpha value is -2.03. The molecule has 8 N–H and O–H groups in total. The first-order chi connectivity index (χ1) is 12.9. The Bertz CT molecular complexity index is 604. The number of rotatable bonds is 12. The van der Waals surface area contributed by atoms with Gasteiger partial charge in [-0.15, -0.1) is 0 Å². The zero-order valence-corrected chi connectivity index (χ0v) is 16.7. The van der Waals surface area contributed by atoms with Gasteiger partial charge in [-0.3, -0.25) is 19.2 Å². The minimum Gasteiger partial charge on any atom is -0.481 e. The first kappa shape index (κ1) is 26.0. The normalized spacial score (nSPS) is 16.0. The van der Waals surface area contributed by atoms with E-state index in [1.54, 1.807) is 0 Å². The predicted octanol–water partition coefficient (Wildman–Crippen LogP) is -3.43. The van der Waals surface area contributed by atoms with Crippen LogP contribution in [-0.4, -0.2) is 86.8 Å². The van der Waals surface area contributed by atoms with Crippen molar-refractivity contribution in [2.45, 2.75) is 43.6 Å². The predicted molar refractivity (Wildman–Crippen MR) is 103 cm³/mol. The largest absolute Gasteiger partial charge is 0.481 e. The second-order valence-corrected chi connectivity index (χ2v) is 6.48. The van der Waals surface area contributed by atoms with Gasteiger partial charge in [0.25, 0.3) is 0 Å². The van der Waals surface area contributed by atoms with Gasteiger partial charge in [-0.2, -0.15) is 25.3 Å². The zero-order chi connectivity index (χ0) is 22.0. The smallest absolute Gasteiger partial charge is 0.326 e. The number of hydrogen-bond acceptors (Lipinski definition) is 9. The minimum atomic E-state index is -1.70. The Labute approximate surface area is 171 Å². The molecule has 14 heteroatoms. The molecule has 0 aliphatic carbocycles. The number of thiol groups is 2. The first-order valence-corrected chi connectivity index (χ1v) is 9.22. The third kappa shape index (κ3) is 8.77. The summed E-state index contributed by atoms with van der Waals surface area (Å²) in [6.45, 7) is 1.29. The highest BCUT2D eigenvalue weighted by Crippen LogP contribution is 1.99. The standard InChI is InChI=1S/C14H24N4O8S2/c1-5(19)10(15)13(24)18-8(4-28)12(23)17-7(3-27)11(22)16-6(14(25)26)2-9(20)21/h5-8,10,19,27-28H,2-4,15H2,1H3,(H,16,22)(H,17,23)(H,18,24)(H,20,21)(H,25,26). The van der Waals surface area contributed by atoms with Crippen LogP contribution < -0.4 is 21.7 Å². The highest BCUT2D eigenvalue weighted by Gasteiger charge is 2.30. The van der Waals surface area contributed by atoms with Crippen molar-refractivity contribution >= 4 is 54.9 Å². The molecule has 28 heavy (non-hydrogen) atoms. The molecule has 12 nitrogen and oxygen atoms in total. The number of carboxylic acid groups (broad SMARTS) is 2. The lowest BCUT2D eigenvalue weighted by Gasteiger charge is -2.23. The summed E-state index contributed by atoms with van der Waals surface area (Å²) in [4.78, 5) is 58.0. The van der Waals surface area contributed by atoms with Crippen molar-refractivity contribution in [3.8, 4) is 0 Å². The number of nitrogens with two attached hydrogens (primary N) is 1. The highest BCUT2D eigenvalue weighted by molar-refractivity contribution is 7.80. The lowest BCUT2D eigenvalue weighted by molar-refractivity contribution is -0.147. The highest BCUT2D eigenvalue weighted by atomic mass is 32.1. The number of amides is 3. The Morgan fingerprint density at radius 1 is 0.857 bits per heavy atom. The van der Waals surface area contributed by atoms with Gasteiger partial charge in [0.15, 0.2) is 0 Å². The number of aliphatic carboxylic acids is 2. The van der Waals surface area contributed by atoms with Crippen molar-refractivity contribution < 1.29 is 39.3 Å². The van der Waals surface area contributed by atoms with Gasteiger partial charge in [0.05, 0.1) is 12.5 Å². The van der Waals surface area contributed by atoms with Crippen LogP contribution in [0.25, 0.3) is 0 Å². The van der Waals surface area contributed by atoms with E-state index in [0.717, 1.165) is 0 Å². The number of hydrogen-bond donors (Lipinski definition) is 9. The monoisotopic (exact) mass is 440 g/mol. The van der Waals surface area contributed by atoms with Gasteiger partial charge in [0.1, 0.15) is 24.2 Å². The van der Waals surface area contributed by atoms with E-state index >= 15 is 0 Å². The maximum Gasteiger partial charge on any atom is 0.326 e. The third-order valence-electron chi connectivity index (χ3n) is 3.45. The lowest BCUT2D eigenvalue weighted by Crippen LogP contribution is -2.59. The molecule has 0 radical (unpaired) electrons. The zero-order valence-electron chi connectivity index (χ0n) is 14.9. The Balaban J connectivity index is 5.02. The molecule has 0 spiro atoms. The molecule has 0 aliphatic heterocycles. The summed E-state index contributed by atoms with van der Waals surface area (Å²) in [5, 5.41) is 33.4. The molecular formula is C14H24N4O8S2. The summed E-state index contributed by atoms with van der Waals surface area (Å²) in [7, 11) is 0. The van der Waals surface area contributed by atoms with Gasteiger partial charge in [-0.1, -0.05) is 0 Å². The van der Waals surface area contributed by atoms with Crippen LogP contribution in [0, 0.1) is 0 Å². The fourth-order valence-electron chi connectivity index (χ4n) is 1.79. The van der Waals surface area contributed by atoms with Crippen molar-refractivity contribution in [3.05, 3.63) is 0 Å². The fraction of sp³-hybridized carbons (Fsp3) is 0.643. The van der Waals surface area contributed by atoms with E-state index in [9.17, 15) is 29.1 Å². The van der Waals surface area contributed by atoms with E-state index in [1.165, 1.54) is 6.92 Å². The molecule has 0 aromatic rings. The van der Waals surface area contributed by atoms with Gasteiger partial charge in [-0.25, -0.2) is 4.79 Å². The Morgan fingerprint density at radius 2 is 1.25 bits per heavy atom. The van der Waals surface area contributed by atoms with Crippen LogP contribution in [0.5, 0.6) is 0 Å². The summed E-state index contributed by atoms with van der Waals surface area (Å²) >= 11 is 7.83. The van der Waals surface area contributed by atoms with Crippen LogP contribution in [0.4, 0.5) is 0 Å². The maximum atomic E-state index is 12.3. The lowest BCUT2D eigenvalue weighted by atomic mass is 10.1. The van der Waals surface area contributed by atoms with E-state index in [1.807, 2.05) is 5.32 Å². The van der Waals surface area contributed by atoms with Crippen molar-refractivity contribution in [2.24, 2.45) is 5.73 Å². The Morgan fingerprint density at radius 3 is 1.57 bits per heavy atom. The number of carboxylic acids is 2. The molecule has 0 aromatic carbocycles.